The van der Waals surface area contributed by atoms with Crippen LogP contribution in [0.5, 0.6) is 5.75 Å². The summed E-state index contributed by atoms with van der Waals surface area (Å²) >= 11 is 12.8. The fourth-order valence-corrected chi connectivity index (χ4v) is 4.98. The van der Waals surface area contributed by atoms with Crippen molar-refractivity contribution in [1.82, 2.24) is 5.32 Å². The van der Waals surface area contributed by atoms with Crippen LogP contribution in [0.1, 0.15) is 35.6 Å². The molecule has 0 bridgehead atoms. The van der Waals surface area contributed by atoms with Crippen LogP contribution in [0.15, 0.2) is 84.4 Å². The lowest BCUT2D eigenvalue weighted by Gasteiger charge is -2.30. The minimum Gasteiger partial charge on any atom is -0.494 e. The molecule has 9 heteroatoms. The van der Waals surface area contributed by atoms with Gasteiger partial charge in [0.2, 0.25) is 5.90 Å². The lowest BCUT2D eigenvalue weighted by molar-refractivity contribution is -0.129. The number of hydrogen-bond acceptors (Lipinski definition) is 6. The zero-order chi connectivity index (χ0) is 28.7. The molecular weight excluding hydrogens is 549 g/mol. The summed E-state index contributed by atoms with van der Waals surface area (Å²) in [7, 11) is 3.96. The molecule has 0 aromatic heterocycles. The maximum atomic E-state index is 14.0. The number of aliphatic hydroxyl groups is 1. The topological polar surface area (TPSA) is 83.4 Å². The lowest BCUT2D eigenvalue weighted by atomic mass is 9.84. The van der Waals surface area contributed by atoms with Gasteiger partial charge in [0.25, 0.3) is 5.91 Å². The summed E-state index contributed by atoms with van der Waals surface area (Å²) in [6, 6.07) is 20.3. The number of carbonyl (C=O) groups excluding carboxylic acids is 1. The molecule has 0 unspecified atom stereocenters. The molecule has 0 fully saturated rings. The number of nitrogens with one attached hydrogen (secondary N) is 1. The molecule has 7 nitrogen and oxygen atoms in total. The fraction of sp³-hybridized carbons (Fsp3) is 0.290. The van der Waals surface area contributed by atoms with Crippen LogP contribution in [-0.2, 0) is 16.1 Å². The van der Waals surface area contributed by atoms with Gasteiger partial charge in [0.1, 0.15) is 5.75 Å². The zero-order valence-corrected chi connectivity index (χ0v) is 24.1. The van der Waals surface area contributed by atoms with Gasteiger partial charge in [-0.15, -0.1) is 6.58 Å². The highest BCUT2D eigenvalue weighted by atomic mass is 35.5. The third kappa shape index (κ3) is 6.61. The average Bonchev–Trinajstić information content (AvgIpc) is 3.33. The molecule has 1 amide bonds. The Balaban J connectivity index is 1.66. The van der Waals surface area contributed by atoms with Gasteiger partial charge in [-0.2, -0.15) is 0 Å². The number of rotatable bonds is 12. The van der Waals surface area contributed by atoms with Crippen LogP contribution >= 0.6 is 23.2 Å². The van der Waals surface area contributed by atoms with Crippen LogP contribution < -0.4 is 15.0 Å². The predicted octanol–water partition coefficient (Wildman–Crippen LogP) is 5.97. The Hall–Kier alpha value is -3.52. The van der Waals surface area contributed by atoms with Gasteiger partial charge >= 0.3 is 0 Å². The van der Waals surface area contributed by atoms with Gasteiger partial charge in [0.15, 0.2) is 11.6 Å². The van der Waals surface area contributed by atoms with Gasteiger partial charge < -0.3 is 24.8 Å². The Bertz CT molecular complexity index is 1360. The number of carbonyl (C=O) groups is 1. The van der Waals surface area contributed by atoms with Crippen molar-refractivity contribution in [3.63, 3.8) is 0 Å². The quantitative estimate of drug-likeness (QED) is 0.203. The molecular formula is C31H33Cl2N3O4. The number of aliphatic imine (C=N–C) groups is 1. The van der Waals surface area contributed by atoms with Crippen molar-refractivity contribution in [1.29, 1.82) is 0 Å². The highest BCUT2D eigenvalue weighted by Gasteiger charge is 2.53. The van der Waals surface area contributed by atoms with Crippen molar-refractivity contribution in [2.45, 2.75) is 31.0 Å². The van der Waals surface area contributed by atoms with E-state index in [4.69, 9.17) is 42.8 Å². The van der Waals surface area contributed by atoms with Crippen LogP contribution in [-0.4, -0.2) is 49.8 Å². The second-order valence-corrected chi connectivity index (χ2v) is 10.5. The largest absolute Gasteiger partial charge is 0.494 e. The molecule has 1 aliphatic heterocycles. The Morgan fingerprint density at radius 3 is 2.50 bits per heavy atom. The highest BCUT2D eigenvalue weighted by molar-refractivity contribution is 6.35. The van der Waals surface area contributed by atoms with E-state index in [9.17, 15) is 4.79 Å². The molecule has 3 aromatic rings. The predicted molar refractivity (Wildman–Crippen MR) is 161 cm³/mol. The first-order chi connectivity index (χ1) is 19.3. The SMILES string of the molecule is C=CC[C@@]1(C(=O)NCc2ccc(N(C)C)cc2)N=C(c2ccc(OCCCO)cc2)O[C@@H]1c1ccc(Cl)cc1Cl. The van der Waals surface area contributed by atoms with Crippen molar-refractivity contribution in [2.75, 3.05) is 32.2 Å². The van der Waals surface area contributed by atoms with Gasteiger partial charge in [-0.05, 0) is 54.1 Å². The van der Waals surface area contributed by atoms with E-state index in [1.165, 1.54) is 0 Å². The third-order valence-electron chi connectivity index (χ3n) is 6.64. The Kier molecular flexibility index (Phi) is 9.74. The van der Waals surface area contributed by atoms with Crippen LogP contribution in [0.3, 0.4) is 0 Å². The monoisotopic (exact) mass is 581 g/mol. The maximum absolute atomic E-state index is 14.0. The summed E-state index contributed by atoms with van der Waals surface area (Å²) in [6.45, 7) is 4.69. The standard InChI is InChI=1S/C31H33Cl2N3O4/c1-4-16-31(30(38)34-20-21-6-11-24(12-7-21)36(2)3)28(26-15-10-23(32)19-27(26)33)40-29(35-31)22-8-13-25(14-9-22)39-18-5-17-37/h4,6-15,19,28,37H,1,5,16-18,20H2,2-3H3,(H,34,38)/t28-,31-/m1/s1. The molecule has 3 aromatic carbocycles. The first-order valence-corrected chi connectivity index (χ1v) is 13.7. The molecule has 210 valence electrons. The molecule has 1 aliphatic rings. The second-order valence-electron chi connectivity index (χ2n) is 9.69. The van der Waals surface area contributed by atoms with Gasteiger partial charge in [0.05, 0.1) is 6.61 Å². The van der Waals surface area contributed by atoms with Crippen LogP contribution in [0.25, 0.3) is 0 Å². The van der Waals surface area contributed by atoms with E-state index in [-0.39, 0.29) is 18.9 Å². The van der Waals surface area contributed by atoms with E-state index < -0.39 is 11.6 Å². The number of aliphatic hydroxyl groups excluding tert-OH is 1. The number of nitrogens with zero attached hydrogens (tertiary/aromatic N) is 2. The van der Waals surface area contributed by atoms with E-state index in [0.29, 0.717) is 52.4 Å². The van der Waals surface area contributed by atoms with Crippen LogP contribution in [0, 0.1) is 0 Å². The van der Waals surface area contributed by atoms with E-state index in [1.807, 2.05) is 55.4 Å². The number of hydrogen-bond donors (Lipinski definition) is 2. The minimum absolute atomic E-state index is 0.0617. The summed E-state index contributed by atoms with van der Waals surface area (Å²) in [5.74, 6) is 0.660. The molecule has 0 saturated carbocycles. The number of anilines is 1. The van der Waals surface area contributed by atoms with Crippen molar-refractivity contribution < 1.29 is 19.4 Å². The van der Waals surface area contributed by atoms with E-state index in [0.717, 1.165) is 11.3 Å². The molecule has 0 aliphatic carbocycles. The maximum Gasteiger partial charge on any atom is 0.252 e. The summed E-state index contributed by atoms with van der Waals surface area (Å²) in [6.07, 6.45) is 1.60. The first-order valence-electron chi connectivity index (χ1n) is 13.0. The molecule has 0 radical (unpaired) electrons. The molecule has 0 saturated heterocycles. The normalized spacial score (nSPS) is 18.0. The Labute approximate surface area is 245 Å². The van der Waals surface area contributed by atoms with Crippen molar-refractivity contribution >= 4 is 40.7 Å². The number of amides is 1. The number of benzene rings is 3. The van der Waals surface area contributed by atoms with Gasteiger partial charge in [0, 0.05) is 66.9 Å². The van der Waals surface area contributed by atoms with Crippen LogP contribution in [0.4, 0.5) is 5.69 Å². The number of ether oxygens (including phenoxy) is 2. The first kappa shape index (κ1) is 29.5. The summed E-state index contributed by atoms with van der Waals surface area (Å²) in [5.41, 5.74) is 1.95. The van der Waals surface area contributed by atoms with E-state index >= 15 is 0 Å². The minimum atomic E-state index is -1.35. The molecule has 40 heavy (non-hydrogen) atoms. The number of halogens is 2. The van der Waals surface area contributed by atoms with Gasteiger partial charge in [-0.25, -0.2) is 4.99 Å². The smallest absolute Gasteiger partial charge is 0.252 e. The van der Waals surface area contributed by atoms with Crippen molar-refractivity contribution in [3.8, 4) is 5.75 Å². The Morgan fingerprint density at radius 1 is 1.15 bits per heavy atom. The summed E-state index contributed by atoms with van der Waals surface area (Å²) in [5, 5.41) is 12.9. The second kappa shape index (κ2) is 13.2. The summed E-state index contributed by atoms with van der Waals surface area (Å²) in [4.78, 5) is 20.9. The molecule has 1 heterocycles. The molecule has 2 atom stereocenters. The Morgan fingerprint density at radius 2 is 1.88 bits per heavy atom. The third-order valence-corrected chi connectivity index (χ3v) is 7.20. The molecule has 2 N–H and O–H groups in total. The van der Waals surface area contributed by atoms with Crippen molar-refractivity contribution in [3.05, 3.63) is 106 Å². The summed E-state index contributed by atoms with van der Waals surface area (Å²) < 4.78 is 12.1. The lowest BCUT2D eigenvalue weighted by Crippen LogP contribution is -2.47. The molecule has 0 spiro atoms. The van der Waals surface area contributed by atoms with Gasteiger partial charge in [-0.3, -0.25) is 4.79 Å². The highest BCUT2D eigenvalue weighted by Crippen LogP contribution is 2.45. The zero-order valence-electron chi connectivity index (χ0n) is 22.6. The van der Waals surface area contributed by atoms with Crippen LogP contribution in [0.2, 0.25) is 10.0 Å². The molecule has 4 rings (SSSR count). The van der Waals surface area contributed by atoms with E-state index in [1.54, 1.807) is 36.4 Å². The fourth-order valence-electron chi connectivity index (χ4n) is 4.47. The van der Waals surface area contributed by atoms with Gasteiger partial charge in [-0.1, -0.05) is 47.5 Å². The average molecular weight is 583 g/mol. The van der Waals surface area contributed by atoms with Crippen molar-refractivity contribution in [2.24, 2.45) is 4.99 Å². The van der Waals surface area contributed by atoms with E-state index in [2.05, 4.69) is 11.9 Å².